The van der Waals surface area contributed by atoms with Gasteiger partial charge in [0.2, 0.25) is 0 Å². The summed E-state index contributed by atoms with van der Waals surface area (Å²) in [5, 5.41) is 1.59. The summed E-state index contributed by atoms with van der Waals surface area (Å²) in [5.74, 6) is 0. The number of benzene rings is 1. The van der Waals surface area contributed by atoms with Gasteiger partial charge in [-0.1, -0.05) is 0 Å². The van der Waals surface area contributed by atoms with Gasteiger partial charge in [0.25, 0.3) is 0 Å². The molecule has 3 rings (SSSR count). The van der Waals surface area contributed by atoms with Crippen LogP contribution in [0.5, 0.6) is 0 Å². The third-order valence-corrected chi connectivity index (χ3v) is 2.36. The predicted molar refractivity (Wildman–Crippen MR) is 58.5 cm³/mol. The zero-order valence-electron chi connectivity index (χ0n) is 8.10. The fourth-order valence-electron chi connectivity index (χ4n) is 1.63. The summed E-state index contributed by atoms with van der Waals surface area (Å²) < 4.78 is 9.98. The zero-order chi connectivity index (χ0) is 11.1. The molecule has 4 heteroatoms. The number of rotatable bonds is 0. The molecule has 3 aromatic rings. The lowest BCUT2D eigenvalue weighted by Gasteiger charge is -1.98. The van der Waals surface area contributed by atoms with E-state index in [9.17, 15) is 9.59 Å². The van der Waals surface area contributed by atoms with Gasteiger partial charge in [-0.3, -0.25) is 0 Å². The first-order valence-corrected chi connectivity index (χ1v) is 4.70. The van der Waals surface area contributed by atoms with Gasteiger partial charge in [0.05, 0.1) is 0 Å². The van der Waals surface area contributed by atoms with Crippen LogP contribution in [0.25, 0.3) is 21.9 Å². The van der Waals surface area contributed by atoms with Gasteiger partial charge >= 0.3 is 11.3 Å². The number of hydrogen-bond acceptors (Lipinski definition) is 4. The lowest BCUT2D eigenvalue weighted by Crippen LogP contribution is -1.96. The summed E-state index contributed by atoms with van der Waals surface area (Å²) in [7, 11) is 0. The van der Waals surface area contributed by atoms with Gasteiger partial charge in [0.15, 0.2) is 0 Å². The molecule has 0 N–H and O–H groups in total. The van der Waals surface area contributed by atoms with Crippen LogP contribution in [0.3, 0.4) is 0 Å². The molecule has 0 saturated carbocycles. The molecule has 1 aromatic carbocycles. The summed E-state index contributed by atoms with van der Waals surface area (Å²) in [5.41, 5.74) is -0.0287. The minimum Gasteiger partial charge on any atom is -0.423 e. The van der Waals surface area contributed by atoms with Gasteiger partial charge in [-0.05, 0) is 18.2 Å². The van der Waals surface area contributed by atoms with Crippen LogP contribution in [0.4, 0.5) is 0 Å². The van der Waals surface area contributed by atoms with E-state index in [2.05, 4.69) is 0 Å². The molecule has 0 spiro atoms. The molecule has 0 saturated heterocycles. The number of hydrogen-bond donors (Lipinski definition) is 0. The molecule has 0 atom stereocenters. The average Bonchev–Trinajstić information content (AvgIpc) is 2.26. The zero-order valence-corrected chi connectivity index (χ0v) is 8.10. The number of fused-ring (bicyclic) bond motifs is 2. The average molecular weight is 214 g/mol. The molecule has 0 aliphatic rings. The molecule has 0 radical (unpaired) electrons. The van der Waals surface area contributed by atoms with Gasteiger partial charge < -0.3 is 8.83 Å². The highest BCUT2D eigenvalue weighted by Gasteiger charge is 2.02. The van der Waals surface area contributed by atoms with Crippen molar-refractivity contribution in [2.45, 2.75) is 0 Å². The van der Waals surface area contributed by atoms with Crippen LogP contribution in [0, 0.1) is 0 Å². The van der Waals surface area contributed by atoms with Crippen LogP contribution < -0.4 is 11.3 Å². The van der Waals surface area contributed by atoms with Crippen molar-refractivity contribution in [1.82, 2.24) is 0 Å². The SMILES string of the molecule is O=c1ccc2cc3ccc(=O)oc3cc2o1. The van der Waals surface area contributed by atoms with Crippen LogP contribution in [0.15, 0.2) is 54.8 Å². The maximum Gasteiger partial charge on any atom is 0.336 e. The van der Waals surface area contributed by atoms with Crippen LogP contribution in [0.2, 0.25) is 0 Å². The highest BCUT2D eigenvalue weighted by Crippen LogP contribution is 2.20. The second-order valence-corrected chi connectivity index (χ2v) is 3.44. The Morgan fingerprint density at radius 2 is 1.19 bits per heavy atom. The molecule has 2 heterocycles. The Kier molecular flexibility index (Phi) is 1.71. The van der Waals surface area contributed by atoms with Crippen LogP contribution >= 0.6 is 0 Å². The maximum absolute atomic E-state index is 11.0. The Bertz CT molecular complexity index is 730. The van der Waals surface area contributed by atoms with Crippen LogP contribution in [-0.2, 0) is 0 Å². The summed E-state index contributed by atoms with van der Waals surface area (Å²) in [4.78, 5) is 22.1. The summed E-state index contributed by atoms with van der Waals surface area (Å²) in [6, 6.07) is 9.40. The van der Waals surface area contributed by atoms with Crippen molar-refractivity contribution in [3.8, 4) is 0 Å². The first kappa shape index (κ1) is 8.91. The quantitative estimate of drug-likeness (QED) is 0.423. The van der Waals surface area contributed by atoms with Crippen molar-refractivity contribution in [3.05, 3.63) is 57.2 Å². The molecule has 16 heavy (non-hydrogen) atoms. The highest BCUT2D eigenvalue weighted by molar-refractivity contribution is 5.92. The van der Waals surface area contributed by atoms with Crippen molar-refractivity contribution in [1.29, 1.82) is 0 Å². The monoisotopic (exact) mass is 214 g/mol. The molecule has 2 aromatic heterocycles. The molecule has 0 aliphatic carbocycles. The van der Waals surface area contributed by atoms with Crippen molar-refractivity contribution in [3.63, 3.8) is 0 Å². The summed E-state index contributed by atoms with van der Waals surface area (Å²) in [6.45, 7) is 0. The second kappa shape index (κ2) is 3.06. The Morgan fingerprint density at radius 1 is 0.688 bits per heavy atom. The third kappa shape index (κ3) is 1.32. The second-order valence-electron chi connectivity index (χ2n) is 3.44. The van der Waals surface area contributed by atoms with Gasteiger partial charge in [-0.2, -0.15) is 0 Å². The van der Waals surface area contributed by atoms with E-state index in [1.807, 2.05) is 0 Å². The van der Waals surface area contributed by atoms with Gasteiger partial charge in [0, 0.05) is 29.0 Å². The molecule has 0 unspecified atom stereocenters. The van der Waals surface area contributed by atoms with Crippen LogP contribution in [0.1, 0.15) is 0 Å². The molecule has 0 amide bonds. The first-order valence-electron chi connectivity index (χ1n) is 4.70. The molecule has 0 fully saturated rings. The van der Waals surface area contributed by atoms with Gasteiger partial charge in [-0.15, -0.1) is 0 Å². The smallest absolute Gasteiger partial charge is 0.336 e. The van der Waals surface area contributed by atoms with Crippen LogP contribution in [-0.4, -0.2) is 0 Å². The highest BCUT2D eigenvalue weighted by atomic mass is 16.4. The molecule has 78 valence electrons. The minimum atomic E-state index is -0.426. The van der Waals surface area contributed by atoms with Crippen molar-refractivity contribution in [2.24, 2.45) is 0 Å². The fraction of sp³-hybridized carbons (Fsp3) is 0. The normalized spacial score (nSPS) is 11.0. The van der Waals surface area contributed by atoms with Gasteiger partial charge in [-0.25, -0.2) is 9.59 Å². The van der Waals surface area contributed by atoms with Crippen molar-refractivity contribution < 1.29 is 8.83 Å². The first-order chi connectivity index (χ1) is 7.72. The summed E-state index contributed by atoms with van der Waals surface area (Å²) >= 11 is 0. The van der Waals surface area contributed by atoms with Crippen molar-refractivity contribution in [2.75, 3.05) is 0 Å². The largest absolute Gasteiger partial charge is 0.423 e. The van der Waals surface area contributed by atoms with Gasteiger partial charge in [0.1, 0.15) is 11.2 Å². The molecule has 0 bridgehead atoms. The van der Waals surface area contributed by atoms with E-state index >= 15 is 0 Å². The Morgan fingerprint density at radius 3 is 1.69 bits per heavy atom. The van der Waals surface area contributed by atoms with E-state index in [0.29, 0.717) is 11.2 Å². The molecular formula is C12H6O4. The van der Waals surface area contributed by atoms with E-state index in [0.717, 1.165) is 10.8 Å². The van der Waals surface area contributed by atoms with Crippen molar-refractivity contribution >= 4 is 21.9 Å². The third-order valence-electron chi connectivity index (χ3n) is 2.36. The minimum absolute atomic E-state index is 0.411. The van der Waals surface area contributed by atoms with E-state index < -0.39 is 11.3 Å². The standard InChI is InChI=1S/C12H6O4/c13-11-3-1-7-5-8-2-4-12(14)16-10(8)6-9(7)15-11/h1-6H. The fourth-order valence-corrected chi connectivity index (χ4v) is 1.63. The lowest BCUT2D eigenvalue weighted by atomic mass is 10.1. The van der Waals surface area contributed by atoms with E-state index in [1.54, 1.807) is 24.3 Å². The molecule has 4 nitrogen and oxygen atoms in total. The Hall–Kier alpha value is -2.36. The topological polar surface area (TPSA) is 60.4 Å². The summed E-state index contributed by atoms with van der Waals surface area (Å²) in [6.07, 6.45) is 0. The lowest BCUT2D eigenvalue weighted by molar-refractivity contribution is 0.549. The Labute approximate surface area is 88.7 Å². The molecule has 0 aliphatic heterocycles. The van der Waals surface area contributed by atoms with E-state index in [4.69, 9.17) is 8.83 Å². The predicted octanol–water partition coefficient (Wildman–Crippen LogP) is 1.90. The molecular weight excluding hydrogens is 208 g/mol. The van der Waals surface area contributed by atoms with E-state index in [1.165, 1.54) is 12.1 Å². The van der Waals surface area contributed by atoms with E-state index in [-0.39, 0.29) is 0 Å². The maximum atomic E-state index is 11.0. The Balaban J connectivity index is 2.53.